The molecule has 0 aliphatic rings. The number of hydrogen-bond acceptors (Lipinski definition) is 2. The van der Waals surface area contributed by atoms with Crippen LogP contribution in [0, 0.1) is 11.6 Å². The largest absolute Gasteiger partial charge is 0.310 e. The molecule has 0 amide bonds. The number of fused-ring (bicyclic) bond motifs is 6. The Hall–Kier alpha value is -8.74. The monoisotopic (exact) mass is 870 g/mol. The predicted octanol–water partition coefficient (Wildman–Crippen LogP) is 17.4. The van der Waals surface area contributed by atoms with Gasteiger partial charge in [-0.1, -0.05) is 97.6 Å². The van der Waals surface area contributed by atoms with Crippen molar-refractivity contribution in [2.24, 2.45) is 0 Å². The van der Waals surface area contributed by atoms with Crippen LogP contribution in [0.5, 0.6) is 0 Å². The van der Waals surface area contributed by atoms with Crippen LogP contribution in [-0.2, 0) is 0 Å². The van der Waals surface area contributed by atoms with Crippen molar-refractivity contribution in [2.45, 2.75) is 6.92 Å². The van der Waals surface area contributed by atoms with Gasteiger partial charge < -0.3 is 18.9 Å². The first kappa shape index (κ1) is 41.0. The number of nitrogens with zero attached hydrogens (tertiary/aromatic N) is 4. The van der Waals surface area contributed by atoms with Crippen LogP contribution in [0.3, 0.4) is 0 Å². The fourth-order valence-electron chi connectivity index (χ4n) is 9.51. The maximum absolute atomic E-state index is 14.4. The van der Waals surface area contributed by atoms with Gasteiger partial charge in [0.15, 0.2) is 0 Å². The van der Waals surface area contributed by atoms with Crippen molar-refractivity contribution in [3.8, 4) is 16.8 Å². The first-order chi connectivity index (χ1) is 33.0. The summed E-state index contributed by atoms with van der Waals surface area (Å²) in [7, 11) is 0. The van der Waals surface area contributed by atoms with Gasteiger partial charge in [-0.2, -0.15) is 0 Å². The Morgan fingerprint density at radius 3 is 1.36 bits per heavy atom. The lowest BCUT2D eigenvalue weighted by Crippen LogP contribution is -2.10. The van der Waals surface area contributed by atoms with Gasteiger partial charge in [0.25, 0.3) is 0 Å². The van der Waals surface area contributed by atoms with Gasteiger partial charge in [-0.3, -0.25) is 0 Å². The summed E-state index contributed by atoms with van der Waals surface area (Å²) in [5.74, 6) is -0.578. The van der Waals surface area contributed by atoms with Gasteiger partial charge >= 0.3 is 0 Å². The summed E-state index contributed by atoms with van der Waals surface area (Å²) in [6.07, 6.45) is 7.97. The minimum atomic E-state index is -0.291. The summed E-state index contributed by atoms with van der Waals surface area (Å²) < 4.78 is 33.3. The van der Waals surface area contributed by atoms with E-state index >= 15 is 0 Å². The van der Waals surface area contributed by atoms with Gasteiger partial charge in [0, 0.05) is 67.1 Å². The molecular weight excluding hydrogens is 827 g/mol. The average Bonchev–Trinajstić information content (AvgIpc) is 3.88. The summed E-state index contributed by atoms with van der Waals surface area (Å²) >= 11 is 0. The van der Waals surface area contributed by atoms with E-state index in [4.69, 9.17) is 0 Å². The minimum absolute atomic E-state index is 0.287. The molecule has 0 atom stereocenters. The van der Waals surface area contributed by atoms with E-state index in [1.54, 1.807) is 0 Å². The standard InChI is InChI=1S/C61H44F2N4/c1-3-12-46(13-4-2)66-58-18-10-8-16-54(58)56-40-52(36-38-60(56)66)64(50-32-24-44(62)25-33-50)48-28-20-42(21-29-48)43-22-30-49(31-23-43)65(51-34-26-45(63)27-35-51)53-37-39-61-57(41-53)55-17-9-11-19-59(55)67(61)47-14-6-5-7-15-47/h3-41H,1H2,2H3/b13-4-,46-12+. The van der Waals surface area contributed by atoms with Gasteiger partial charge in [0.1, 0.15) is 11.6 Å². The van der Waals surface area contributed by atoms with E-state index in [9.17, 15) is 8.78 Å². The second kappa shape index (κ2) is 17.3. The van der Waals surface area contributed by atoms with Gasteiger partial charge in [-0.05, 0) is 164 Å². The van der Waals surface area contributed by atoms with E-state index in [0.29, 0.717) is 0 Å². The number of benzene rings is 9. The zero-order valence-electron chi connectivity index (χ0n) is 36.8. The van der Waals surface area contributed by atoms with E-state index < -0.39 is 0 Å². The molecule has 0 saturated carbocycles. The number of para-hydroxylation sites is 3. The number of allylic oxidation sites excluding steroid dienone is 5. The molecule has 0 fully saturated rings. The molecule has 0 unspecified atom stereocenters. The summed E-state index contributed by atoms with van der Waals surface area (Å²) in [5.41, 5.74) is 14.1. The molecule has 0 aliphatic carbocycles. The second-order valence-electron chi connectivity index (χ2n) is 16.5. The highest BCUT2D eigenvalue weighted by Crippen LogP contribution is 2.43. The highest BCUT2D eigenvalue weighted by molar-refractivity contribution is 6.12. The molecule has 11 aromatic rings. The van der Waals surface area contributed by atoms with Crippen LogP contribution in [0.1, 0.15) is 6.92 Å². The number of anilines is 6. The lowest BCUT2D eigenvalue weighted by atomic mass is 10.0. The van der Waals surface area contributed by atoms with Crippen molar-refractivity contribution in [3.63, 3.8) is 0 Å². The molecule has 0 saturated heterocycles. The topological polar surface area (TPSA) is 16.3 Å². The third-order valence-corrected chi connectivity index (χ3v) is 12.5. The van der Waals surface area contributed by atoms with E-state index in [1.807, 2.05) is 55.5 Å². The Kier molecular flexibility index (Phi) is 10.6. The first-order valence-electron chi connectivity index (χ1n) is 22.4. The molecular formula is C61H44F2N4. The smallest absolute Gasteiger partial charge is 0.123 e. The lowest BCUT2D eigenvalue weighted by molar-refractivity contribution is 0.627. The number of rotatable bonds is 11. The van der Waals surface area contributed by atoms with Crippen LogP contribution in [0.25, 0.3) is 66.1 Å². The van der Waals surface area contributed by atoms with Crippen molar-refractivity contribution in [2.75, 3.05) is 9.80 Å². The Morgan fingerprint density at radius 2 is 0.836 bits per heavy atom. The molecule has 4 nitrogen and oxygen atoms in total. The van der Waals surface area contributed by atoms with Crippen LogP contribution in [0.4, 0.5) is 42.9 Å². The third kappa shape index (κ3) is 7.44. The maximum atomic E-state index is 14.4. The van der Waals surface area contributed by atoms with Crippen LogP contribution < -0.4 is 9.80 Å². The normalized spacial score (nSPS) is 11.9. The van der Waals surface area contributed by atoms with E-state index in [0.717, 1.165) is 100 Å². The maximum Gasteiger partial charge on any atom is 0.123 e. The molecule has 2 heterocycles. The molecule has 2 aromatic heterocycles. The molecule has 9 aromatic carbocycles. The predicted molar refractivity (Wildman–Crippen MR) is 278 cm³/mol. The van der Waals surface area contributed by atoms with Gasteiger partial charge in [0.2, 0.25) is 0 Å². The molecule has 11 rings (SSSR count). The second-order valence-corrected chi connectivity index (χ2v) is 16.5. The van der Waals surface area contributed by atoms with E-state index in [1.165, 1.54) is 24.3 Å². The molecule has 0 aliphatic heterocycles. The van der Waals surface area contributed by atoms with Gasteiger partial charge in [0.05, 0.1) is 22.1 Å². The van der Waals surface area contributed by atoms with Crippen molar-refractivity contribution in [3.05, 3.63) is 255 Å². The summed E-state index contributed by atoms with van der Waals surface area (Å²) in [4.78, 5) is 4.34. The van der Waals surface area contributed by atoms with Crippen LogP contribution in [-0.4, -0.2) is 9.13 Å². The molecule has 6 heteroatoms. The van der Waals surface area contributed by atoms with Crippen molar-refractivity contribution < 1.29 is 8.78 Å². The Labute approximate surface area is 388 Å². The number of halogens is 2. The van der Waals surface area contributed by atoms with Crippen LogP contribution in [0.2, 0.25) is 0 Å². The van der Waals surface area contributed by atoms with Crippen molar-refractivity contribution in [1.29, 1.82) is 0 Å². The molecule has 0 radical (unpaired) electrons. The SMILES string of the molecule is C=C/C=C(\C=C/C)n1c2ccccc2c2cc(N(c3ccc(F)cc3)c3ccc(-c4ccc(N(c5ccc(F)cc5)c5ccc6c(c5)c5ccccc5n6-c5ccccc5)cc4)cc3)ccc21. The summed E-state index contributed by atoms with van der Waals surface area (Å²) in [6, 6.07) is 70.7. The highest BCUT2D eigenvalue weighted by atomic mass is 19.1. The quantitative estimate of drug-likeness (QED) is 0.120. The molecule has 0 N–H and O–H groups in total. The fourth-order valence-corrected chi connectivity index (χ4v) is 9.51. The zero-order chi connectivity index (χ0) is 45.4. The average molecular weight is 871 g/mol. The molecule has 0 spiro atoms. The first-order valence-corrected chi connectivity index (χ1v) is 22.4. The fraction of sp³-hybridized carbons (Fsp3) is 0.0164. The highest BCUT2D eigenvalue weighted by Gasteiger charge is 2.20. The minimum Gasteiger partial charge on any atom is -0.310 e. The van der Waals surface area contributed by atoms with E-state index in [-0.39, 0.29) is 11.6 Å². The van der Waals surface area contributed by atoms with Crippen LogP contribution >= 0.6 is 0 Å². The lowest BCUT2D eigenvalue weighted by Gasteiger charge is -2.26. The number of aromatic nitrogens is 2. The zero-order valence-corrected chi connectivity index (χ0v) is 36.8. The Morgan fingerprint density at radius 1 is 0.433 bits per heavy atom. The summed E-state index contributed by atoms with van der Waals surface area (Å²) in [5, 5.41) is 4.51. The Balaban J connectivity index is 0.963. The van der Waals surface area contributed by atoms with Crippen molar-refractivity contribution >= 4 is 83.4 Å². The van der Waals surface area contributed by atoms with E-state index in [2.05, 4.69) is 189 Å². The van der Waals surface area contributed by atoms with Crippen molar-refractivity contribution in [1.82, 2.24) is 9.13 Å². The van der Waals surface area contributed by atoms with Gasteiger partial charge in [-0.15, -0.1) is 0 Å². The van der Waals surface area contributed by atoms with Gasteiger partial charge in [-0.25, -0.2) is 8.78 Å². The number of hydrogen-bond donors (Lipinski definition) is 0. The summed E-state index contributed by atoms with van der Waals surface area (Å²) in [6.45, 7) is 6.00. The molecule has 67 heavy (non-hydrogen) atoms. The third-order valence-electron chi connectivity index (χ3n) is 12.5. The molecule has 0 bridgehead atoms. The van der Waals surface area contributed by atoms with Crippen LogP contribution in [0.15, 0.2) is 243 Å². The Bertz CT molecular complexity index is 3660. The molecule has 322 valence electrons.